The van der Waals surface area contributed by atoms with E-state index in [1.54, 1.807) is 6.20 Å². The highest BCUT2D eigenvalue weighted by Crippen LogP contribution is 2.28. The predicted octanol–water partition coefficient (Wildman–Crippen LogP) is 2.48. The quantitative estimate of drug-likeness (QED) is 0.922. The van der Waals surface area contributed by atoms with Gasteiger partial charge in [-0.1, -0.05) is 30.3 Å². The maximum absolute atomic E-state index is 11.6. The Morgan fingerprint density at radius 1 is 1.22 bits per heavy atom. The molecule has 0 aliphatic carbocycles. The predicted molar refractivity (Wildman–Crippen MR) is 91.2 cm³/mol. The first kappa shape index (κ1) is 15.7. The average molecular weight is 312 g/mol. The van der Waals surface area contributed by atoms with Crippen LogP contribution in [0.4, 0.5) is 0 Å². The van der Waals surface area contributed by atoms with Gasteiger partial charge in [0.05, 0.1) is 5.54 Å². The van der Waals surface area contributed by atoms with Gasteiger partial charge in [-0.05, 0) is 39.8 Å². The molecule has 1 aliphatic rings. The van der Waals surface area contributed by atoms with Gasteiger partial charge in [0, 0.05) is 18.3 Å². The Hall–Kier alpha value is -2.14. The molecule has 3 rings (SSSR count). The van der Waals surface area contributed by atoms with Gasteiger partial charge in [-0.25, -0.2) is 4.98 Å². The van der Waals surface area contributed by atoms with Crippen molar-refractivity contribution in [1.82, 2.24) is 14.5 Å². The summed E-state index contributed by atoms with van der Waals surface area (Å²) in [5.41, 5.74) is 6.60. The van der Waals surface area contributed by atoms with Crippen LogP contribution in [0.1, 0.15) is 37.2 Å². The van der Waals surface area contributed by atoms with E-state index in [9.17, 15) is 4.79 Å². The third kappa shape index (κ3) is 3.29. The van der Waals surface area contributed by atoms with E-state index in [4.69, 9.17) is 5.73 Å². The minimum Gasteiger partial charge on any atom is -0.364 e. The minimum atomic E-state index is -0.488. The van der Waals surface area contributed by atoms with Crippen molar-refractivity contribution < 1.29 is 4.79 Å². The highest BCUT2D eigenvalue weighted by Gasteiger charge is 2.29. The third-order valence-electron chi connectivity index (χ3n) is 4.45. The van der Waals surface area contributed by atoms with Gasteiger partial charge in [0.15, 0.2) is 0 Å². The normalized spacial score (nSPS) is 15.9. The Morgan fingerprint density at radius 3 is 2.48 bits per heavy atom. The van der Waals surface area contributed by atoms with Crippen molar-refractivity contribution >= 4 is 5.91 Å². The Kier molecular flexibility index (Phi) is 4.22. The summed E-state index contributed by atoms with van der Waals surface area (Å²) in [5.74, 6) is 0.307. The van der Waals surface area contributed by atoms with E-state index in [1.165, 1.54) is 12.8 Å². The maximum Gasteiger partial charge on any atom is 0.268 e. The second-order valence-corrected chi connectivity index (χ2v) is 6.85. The van der Waals surface area contributed by atoms with Gasteiger partial charge < -0.3 is 15.2 Å². The van der Waals surface area contributed by atoms with Crippen molar-refractivity contribution in [3.05, 3.63) is 42.2 Å². The Bertz CT molecular complexity index is 684. The fourth-order valence-corrected chi connectivity index (χ4v) is 3.32. The van der Waals surface area contributed by atoms with Crippen molar-refractivity contribution in [2.24, 2.45) is 5.73 Å². The number of imidazole rings is 1. The molecule has 0 spiro atoms. The van der Waals surface area contributed by atoms with Crippen LogP contribution in [0.5, 0.6) is 0 Å². The molecule has 0 unspecified atom stereocenters. The number of carbonyl (C=O) groups is 1. The Labute approximate surface area is 137 Å². The number of rotatable bonds is 5. The van der Waals surface area contributed by atoms with Crippen LogP contribution in [0.15, 0.2) is 36.5 Å². The maximum atomic E-state index is 11.6. The molecule has 1 aromatic carbocycles. The Balaban J connectivity index is 2.00. The number of nitrogens with two attached hydrogens (primary N) is 1. The van der Waals surface area contributed by atoms with Crippen LogP contribution in [0.25, 0.3) is 11.4 Å². The van der Waals surface area contributed by atoms with Crippen molar-refractivity contribution in [3.63, 3.8) is 0 Å². The molecular formula is C18H24N4O. The molecule has 122 valence electrons. The monoisotopic (exact) mass is 312 g/mol. The highest BCUT2D eigenvalue weighted by atomic mass is 16.1. The molecule has 2 heterocycles. The molecule has 1 fully saturated rings. The topological polar surface area (TPSA) is 64.2 Å². The Morgan fingerprint density at radius 2 is 1.87 bits per heavy atom. The second kappa shape index (κ2) is 6.16. The van der Waals surface area contributed by atoms with Crippen LogP contribution in [-0.4, -0.2) is 40.0 Å². The summed E-state index contributed by atoms with van der Waals surface area (Å²) < 4.78 is 2.10. The summed E-state index contributed by atoms with van der Waals surface area (Å²) in [5, 5.41) is 0. The van der Waals surface area contributed by atoms with E-state index in [-0.39, 0.29) is 5.54 Å². The SMILES string of the molecule is CC(C)(CN1CCCC1)n1cc(C(N)=O)nc1-c1ccccc1. The summed E-state index contributed by atoms with van der Waals surface area (Å²) in [6.45, 7) is 7.58. The summed E-state index contributed by atoms with van der Waals surface area (Å²) in [6, 6.07) is 9.95. The molecule has 1 aromatic heterocycles. The number of likely N-dealkylation sites (tertiary alicyclic amines) is 1. The highest BCUT2D eigenvalue weighted by molar-refractivity contribution is 5.91. The molecule has 1 saturated heterocycles. The van der Waals surface area contributed by atoms with E-state index in [0.29, 0.717) is 5.69 Å². The van der Waals surface area contributed by atoms with Crippen LogP contribution in [-0.2, 0) is 5.54 Å². The molecule has 2 N–H and O–H groups in total. The van der Waals surface area contributed by atoms with Crippen molar-refractivity contribution in [3.8, 4) is 11.4 Å². The fourth-order valence-electron chi connectivity index (χ4n) is 3.32. The zero-order chi connectivity index (χ0) is 16.4. The molecule has 2 aromatic rings. The van der Waals surface area contributed by atoms with Crippen LogP contribution < -0.4 is 5.73 Å². The van der Waals surface area contributed by atoms with Gasteiger partial charge in [0.25, 0.3) is 5.91 Å². The number of aromatic nitrogens is 2. The van der Waals surface area contributed by atoms with Crippen molar-refractivity contribution in [2.45, 2.75) is 32.2 Å². The molecule has 5 heteroatoms. The van der Waals surface area contributed by atoms with Gasteiger partial charge in [0.1, 0.15) is 11.5 Å². The molecule has 0 saturated carbocycles. The van der Waals surface area contributed by atoms with E-state index in [2.05, 4.69) is 28.3 Å². The number of benzene rings is 1. The molecular weight excluding hydrogens is 288 g/mol. The first-order chi connectivity index (χ1) is 11.0. The molecule has 5 nitrogen and oxygen atoms in total. The molecule has 0 radical (unpaired) electrons. The summed E-state index contributed by atoms with van der Waals surface area (Å²) in [7, 11) is 0. The van der Waals surface area contributed by atoms with Crippen LogP contribution >= 0.6 is 0 Å². The summed E-state index contributed by atoms with van der Waals surface area (Å²) in [4.78, 5) is 18.6. The first-order valence-electron chi connectivity index (χ1n) is 8.15. The van der Waals surface area contributed by atoms with Crippen LogP contribution in [0, 0.1) is 0 Å². The number of primary amides is 1. The lowest BCUT2D eigenvalue weighted by atomic mass is 10.0. The number of hydrogen-bond acceptors (Lipinski definition) is 3. The summed E-state index contributed by atoms with van der Waals surface area (Å²) >= 11 is 0. The molecule has 1 aliphatic heterocycles. The smallest absolute Gasteiger partial charge is 0.268 e. The molecule has 23 heavy (non-hydrogen) atoms. The number of carbonyl (C=O) groups excluding carboxylic acids is 1. The fraction of sp³-hybridized carbons (Fsp3) is 0.444. The average Bonchev–Trinajstić information content (AvgIpc) is 3.17. The van der Waals surface area contributed by atoms with Crippen LogP contribution in [0.2, 0.25) is 0 Å². The third-order valence-corrected chi connectivity index (χ3v) is 4.45. The number of hydrogen-bond donors (Lipinski definition) is 1. The standard InChI is InChI=1S/C18H24N4O/c1-18(2,13-21-10-6-7-11-21)22-12-15(16(19)23)20-17(22)14-8-4-3-5-9-14/h3-5,8-9,12H,6-7,10-11,13H2,1-2H3,(H2,19,23). The molecule has 0 bridgehead atoms. The zero-order valence-corrected chi connectivity index (χ0v) is 13.8. The summed E-state index contributed by atoms with van der Waals surface area (Å²) in [6.07, 6.45) is 4.32. The zero-order valence-electron chi connectivity index (χ0n) is 13.8. The lowest BCUT2D eigenvalue weighted by molar-refractivity contribution is 0.0996. The van der Waals surface area contributed by atoms with E-state index < -0.39 is 5.91 Å². The van der Waals surface area contributed by atoms with E-state index >= 15 is 0 Å². The first-order valence-corrected chi connectivity index (χ1v) is 8.15. The number of nitrogens with zero attached hydrogens (tertiary/aromatic N) is 3. The van der Waals surface area contributed by atoms with Crippen LogP contribution in [0.3, 0.4) is 0 Å². The number of amides is 1. The van der Waals surface area contributed by atoms with Gasteiger partial charge in [0.2, 0.25) is 0 Å². The lowest BCUT2D eigenvalue weighted by Crippen LogP contribution is -2.39. The lowest BCUT2D eigenvalue weighted by Gasteiger charge is -2.33. The van der Waals surface area contributed by atoms with Gasteiger partial charge in [-0.15, -0.1) is 0 Å². The van der Waals surface area contributed by atoms with Gasteiger partial charge in [-0.3, -0.25) is 4.79 Å². The largest absolute Gasteiger partial charge is 0.364 e. The van der Waals surface area contributed by atoms with Crippen molar-refractivity contribution in [2.75, 3.05) is 19.6 Å². The molecule has 0 atom stereocenters. The van der Waals surface area contributed by atoms with Crippen molar-refractivity contribution in [1.29, 1.82) is 0 Å². The van der Waals surface area contributed by atoms with Gasteiger partial charge in [-0.2, -0.15) is 0 Å². The minimum absolute atomic E-state index is 0.170. The second-order valence-electron chi connectivity index (χ2n) is 6.85. The van der Waals surface area contributed by atoms with Gasteiger partial charge >= 0.3 is 0 Å². The van der Waals surface area contributed by atoms with E-state index in [0.717, 1.165) is 31.0 Å². The van der Waals surface area contributed by atoms with E-state index in [1.807, 2.05) is 30.3 Å². The molecule has 1 amide bonds.